The molecule has 2 aromatic rings. The third kappa shape index (κ3) is 2.63. The molecule has 1 atom stereocenters. The van der Waals surface area contributed by atoms with Gasteiger partial charge in [0.2, 0.25) is 5.91 Å². The van der Waals surface area contributed by atoms with Gasteiger partial charge in [-0.05, 0) is 31.2 Å². The normalized spacial score (nSPS) is 21.0. The first-order valence-corrected chi connectivity index (χ1v) is 8.28. The number of fused-ring (bicyclic) bond motifs is 1. The summed E-state index contributed by atoms with van der Waals surface area (Å²) < 4.78 is 1.40. The van der Waals surface area contributed by atoms with E-state index in [0.717, 1.165) is 0 Å². The van der Waals surface area contributed by atoms with Crippen LogP contribution in [0.15, 0.2) is 22.6 Å². The van der Waals surface area contributed by atoms with Crippen LogP contribution in [0.25, 0.3) is 10.2 Å². The molecule has 1 N–H and O–H groups in total. The molecule has 1 aliphatic heterocycles. The van der Waals surface area contributed by atoms with Crippen molar-refractivity contribution in [3.8, 4) is 0 Å². The maximum absolute atomic E-state index is 12.4. The second kappa shape index (κ2) is 5.77. The lowest BCUT2D eigenvalue weighted by Gasteiger charge is -2.31. The number of carboxylic acids is 1. The molecule has 1 unspecified atom stereocenters. The Bertz CT molecular complexity index is 827. The number of aryl methyl sites for hydroxylation is 1. The summed E-state index contributed by atoms with van der Waals surface area (Å²) in [5.74, 6) is -1.23. The minimum atomic E-state index is -1.14. The molecule has 2 aromatic heterocycles. The quantitative estimate of drug-likeness (QED) is 0.909. The summed E-state index contributed by atoms with van der Waals surface area (Å²) in [6.45, 7) is 2.21. The number of carbonyl (C=O) groups is 2. The van der Waals surface area contributed by atoms with E-state index in [2.05, 4.69) is 4.98 Å². The molecule has 0 radical (unpaired) electrons. The number of likely N-dealkylation sites (tertiary alicyclic amines) is 1. The minimum absolute atomic E-state index is 0.0834. The van der Waals surface area contributed by atoms with Gasteiger partial charge in [0.1, 0.15) is 10.4 Å². The van der Waals surface area contributed by atoms with Gasteiger partial charge in [0, 0.05) is 19.5 Å². The first kappa shape index (κ1) is 15.7. The highest BCUT2D eigenvalue weighted by molar-refractivity contribution is 7.16. The lowest BCUT2D eigenvalue weighted by Crippen LogP contribution is -2.51. The van der Waals surface area contributed by atoms with E-state index in [1.807, 2.05) is 0 Å². The standard InChI is InChI=1S/C15H17N3O4S/c1-15(14(21)22)5-2-6-18(15)11(19)3-7-17-9-16-12-10(13(17)20)4-8-23-12/h4,8-9H,2-3,5-7H2,1H3,(H,21,22). The molecule has 1 saturated heterocycles. The molecule has 0 spiro atoms. The number of amides is 1. The summed E-state index contributed by atoms with van der Waals surface area (Å²) in [5, 5.41) is 11.7. The Morgan fingerprint density at radius 2 is 2.26 bits per heavy atom. The van der Waals surface area contributed by atoms with E-state index in [9.17, 15) is 19.5 Å². The van der Waals surface area contributed by atoms with Gasteiger partial charge in [-0.15, -0.1) is 11.3 Å². The molecule has 1 aliphatic rings. The summed E-state index contributed by atoms with van der Waals surface area (Å²) in [5.41, 5.74) is -1.32. The van der Waals surface area contributed by atoms with Gasteiger partial charge in [-0.1, -0.05) is 0 Å². The molecule has 0 aliphatic carbocycles. The molecule has 0 saturated carbocycles. The van der Waals surface area contributed by atoms with Crippen LogP contribution in [0.1, 0.15) is 26.2 Å². The molecular formula is C15H17N3O4S. The number of carboxylic acid groups (broad SMARTS) is 1. The van der Waals surface area contributed by atoms with Gasteiger partial charge in [0.05, 0.1) is 11.7 Å². The van der Waals surface area contributed by atoms with E-state index in [0.29, 0.717) is 29.6 Å². The lowest BCUT2D eigenvalue weighted by molar-refractivity contribution is -0.155. The lowest BCUT2D eigenvalue weighted by atomic mass is 9.99. The Kier molecular flexibility index (Phi) is 3.93. The van der Waals surface area contributed by atoms with Crippen molar-refractivity contribution in [3.63, 3.8) is 0 Å². The predicted molar refractivity (Wildman–Crippen MR) is 85.5 cm³/mol. The first-order chi connectivity index (χ1) is 10.9. The van der Waals surface area contributed by atoms with Crippen LogP contribution in [0, 0.1) is 0 Å². The fourth-order valence-corrected chi connectivity index (χ4v) is 3.71. The Balaban J connectivity index is 1.74. The fourth-order valence-electron chi connectivity index (χ4n) is 2.99. The predicted octanol–water partition coefficient (Wildman–Crippen LogP) is 1.31. The van der Waals surface area contributed by atoms with E-state index in [1.54, 1.807) is 18.4 Å². The van der Waals surface area contributed by atoms with Crippen LogP contribution in [-0.2, 0) is 16.1 Å². The Hall–Kier alpha value is -2.22. The highest BCUT2D eigenvalue weighted by atomic mass is 32.1. The fraction of sp³-hybridized carbons (Fsp3) is 0.467. The Morgan fingerprint density at radius 1 is 1.48 bits per heavy atom. The average Bonchev–Trinajstić information content (AvgIpc) is 3.14. The third-order valence-corrected chi connectivity index (χ3v) is 5.24. The molecule has 0 bridgehead atoms. The summed E-state index contributed by atoms with van der Waals surface area (Å²) in [6.07, 6.45) is 2.66. The van der Waals surface area contributed by atoms with Crippen molar-refractivity contribution in [3.05, 3.63) is 28.1 Å². The second-order valence-corrected chi connectivity index (χ2v) is 6.76. The Labute approximate surface area is 136 Å². The van der Waals surface area contributed by atoms with Crippen molar-refractivity contribution >= 4 is 33.4 Å². The molecule has 7 nitrogen and oxygen atoms in total. The van der Waals surface area contributed by atoms with Crippen LogP contribution in [0.5, 0.6) is 0 Å². The Morgan fingerprint density at radius 3 is 3.00 bits per heavy atom. The molecule has 3 heterocycles. The average molecular weight is 335 g/mol. The summed E-state index contributed by atoms with van der Waals surface area (Å²) in [7, 11) is 0. The van der Waals surface area contributed by atoms with Crippen LogP contribution < -0.4 is 5.56 Å². The number of carbonyl (C=O) groups excluding carboxylic acids is 1. The van der Waals surface area contributed by atoms with Gasteiger partial charge in [0.25, 0.3) is 5.56 Å². The highest BCUT2D eigenvalue weighted by Crippen LogP contribution is 2.29. The van der Waals surface area contributed by atoms with Gasteiger partial charge in [-0.3, -0.25) is 14.2 Å². The summed E-state index contributed by atoms with van der Waals surface area (Å²) in [4.78, 5) is 42.4. The number of aromatic nitrogens is 2. The van der Waals surface area contributed by atoms with Gasteiger partial charge in [0.15, 0.2) is 0 Å². The molecule has 0 aromatic carbocycles. The molecule has 1 amide bonds. The van der Waals surface area contributed by atoms with Crippen molar-refractivity contribution in [1.82, 2.24) is 14.5 Å². The van der Waals surface area contributed by atoms with E-state index >= 15 is 0 Å². The van der Waals surface area contributed by atoms with Gasteiger partial charge in [-0.2, -0.15) is 0 Å². The van der Waals surface area contributed by atoms with Crippen molar-refractivity contribution in [1.29, 1.82) is 0 Å². The molecule has 3 rings (SSSR count). The van der Waals surface area contributed by atoms with Crippen LogP contribution >= 0.6 is 11.3 Å². The number of hydrogen-bond donors (Lipinski definition) is 1. The van der Waals surface area contributed by atoms with Crippen molar-refractivity contribution in [2.24, 2.45) is 0 Å². The molecule has 122 valence electrons. The number of rotatable bonds is 4. The van der Waals surface area contributed by atoms with E-state index in [1.165, 1.54) is 27.1 Å². The zero-order valence-corrected chi connectivity index (χ0v) is 13.5. The maximum Gasteiger partial charge on any atom is 0.329 e. The van der Waals surface area contributed by atoms with Gasteiger partial charge in [-0.25, -0.2) is 9.78 Å². The van der Waals surface area contributed by atoms with Crippen LogP contribution in [0.3, 0.4) is 0 Å². The van der Waals surface area contributed by atoms with Crippen LogP contribution in [-0.4, -0.2) is 43.5 Å². The van der Waals surface area contributed by atoms with E-state index in [-0.39, 0.29) is 24.4 Å². The number of aliphatic carboxylic acids is 1. The monoisotopic (exact) mass is 335 g/mol. The van der Waals surface area contributed by atoms with Crippen molar-refractivity contribution < 1.29 is 14.7 Å². The summed E-state index contributed by atoms with van der Waals surface area (Å²) >= 11 is 1.39. The smallest absolute Gasteiger partial charge is 0.329 e. The highest BCUT2D eigenvalue weighted by Gasteiger charge is 2.45. The molecule has 8 heteroatoms. The number of nitrogens with zero attached hydrogens (tertiary/aromatic N) is 3. The minimum Gasteiger partial charge on any atom is -0.480 e. The third-order valence-electron chi connectivity index (χ3n) is 4.42. The largest absolute Gasteiger partial charge is 0.480 e. The number of hydrogen-bond acceptors (Lipinski definition) is 5. The van der Waals surface area contributed by atoms with Crippen LogP contribution in [0.4, 0.5) is 0 Å². The molecule has 1 fully saturated rings. The first-order valence-electron chi connectivity index (χ1n) is 7.40. The van der Waals surface area contributed by atoms with E-state index in [4.69, 9.17) is 0 Å². The number of thiophene rings is 1. The zero-order valence-electron chi connectivity index (χ0n) is 12.7. The SMILES string of the molecule is CC1(C(=O)O)CCCN1C(=O)CCn1cnc2sccc2c1=O. The summed E-state index contributed by atoms with van der Waals surface area (Å²) in [6, 6.07) is 1.72. The van der Waals surface area contributed by atoms with Crippen molar-refractivity contribution in [2.75, 3.05) is 6.54 Å². The van der Waals surface area contributed by atoms with E-state index < -0.39 is 11.5 Å². The molecule has 23 heavy (non-hydrogen) atoms. The maximum atomic E-state index is 12.4. The van der Waals surface area contributed by atoms with Gasteiger partial charge >= 0.3 is 5.97 Å². The van der Waals surface area contributed by atoms with Crippen LogP contribution in [0.2, 0.25) is 0 Å². The molecular weight excluding hydrogens is 318 g/mol. The van der Waals surface area contributed by atoms with Gasteiger partial charge < -0.3 is 10.0 Å². The second-order valence-electron chi connectivity index (χ2n) is 5.86. The van der Waals surface area contributed by atoms with Crippen molar-refractivity contribution in [2.45, 2.75) is 38.3 Å². The topological polar surface area (TPSA) is 92.5 Å². The zero-order chi connectivity index (χ0) is 16.6.